The number of fused-ring (bicyclic) bond motifs is 1. The number of ether oxygens (including phenoxy) is 2. The molecule has 2 heterocycles. The predicted molar refractivity (Wildman–Crippen MR) is 102 cm³/mol. The molecule has 4 rings (SSSR count). The SMILES string of the molecule is COc1ccc(Oc2ccnc(NCc3nc4ccccc4[nH]3)c2)c(O)c1. The van der Waals surface area contributed by atoms with E-state index in [9.17, 15) is 5.11 Å². The molecular weight excluding hydrogens is 344 g/mol. The Balaban J connectivity index is 1.45. The summed E-state index contributed by atoms with van der Waals surface area (Å²) in [7, 11) is 1.54. The number of H-pyrrole nitrogens is 1. The van der Waals surface area contributed by atoms with E-state index in [1.807, 2.05) is 24.3 Å². The number of aromatic amines is 1. The van der Waals surface area contributed by atoms with Gasteiger partial charge in [-0.2, -0.15) is 0 Å². The molecule has 0 aliphatic carbocycles. The maximum absolute atomic E-state index is 10.0. The first-order valence-electron chi connectivity index (χ1n) is 8.40. The van der Waals surface area contributed by atoms with Gasteiger partial charge in [-0.05, 0) is 30.3 Å². The molecule has 27 heavy (non-hydrogen) atoms. The monoisotopic (exact) mass is 362 g/mol. The van der Waals surface area contributed by atoms with Crippen LogP contribution < -0.4 is 14.8 Å². The van der Waals surface area contributed by atoms with E-state index in [2.05, 4.69) is 20.3 Å². The van der Waals surface area contributed by atoms with Crippen LogP contribution in [0.25, 0.3) is 11.0 Å². The molecule has 4 aromatic rings. The Bertz CT molecular complexity index is 1040. The zero-order valence-electron chi connectivity index (χ0n) is 14.6. The summed E-state index contributed by atoms with van der Waals surface area (Å²) in [4.78, 5) is 12.1. The van der Waals surface area contributed by atoms with Crippen LogP contribution in [0.3, 0.4) is 0 Å². The van der Waals surface area contributed by atoms with Gasteiger partial charge in [-0.3, -0.25) is 0 Å². The Kier molecular flexibility index (Phi) is 4.49. The number of methoxy groups -OCH3 is 1. The molecule has 2 aromatic heterocycles. The molecule has 0 radical (unpaired) electrons. The molecule has 7 heteroatoms. The molecule has 0 saturated carbocycles. The smallest absolute Gasteiger partial charge is 0.169 e. The van der Waals surface area contributed by atoms with Crippen LogP contribution >= 0.6 is 0 Å². The standard InChI is InChI=1S/C20H18N4O3/c1-26-13-6-7-18(17(25)10-13)27-14-8-9-21-19(11-14)22-12-20-23-15-4-2-3-5-16(15)24-20/h2-11,25H,12H2,1H3,(H,21,22)(H,23,24). The van der Waals surface area contributed by atoms with Crippen molar-refractivity contribution in [2.45, 2.75) is 6.54 Å². The molecule has 3 N–H and O–H groups in total. The van der Waals surface area contributed by atoms with E-state index in [0.29, 0.717) is 29.6 Å². The fourth-order valence-electron chi connectivity index (χ4n) is 2.67. The van der Waals surface area contributed by atoms with Crippen LogP contribution in [0, 0.1) is 0 Å². The highest BCUT2D eigenvalue weighted by Crippen LogP contribution is 2.34. The molecule has 0 aliphatic rings. The summed E-state index contributed by atoms with van der Waals surface area (Å²) in [5, 5.41) is 13.2. The molecule has 0 saturated heterocycles. The van der Waals surface area contributed by atoms with Crippen LogP contribution in [0.1, 0.15) is 5.82 Å². The topological polar surface area (TPSA) is 92.3 Å². The minimum atomic E-state index is 0.00273. The molecule has 2 aromatic carbocycles. The van der Waals surface area contributed by atoms with E-state index in [0.717, 1.165) is 16.9 Å². The predicted octanol–water partition coefficient (Wildman–Crippen LogP) is 4.08. The number of phenols is 1. The summed E-state index contributed by atoms with van der Waals surface area (Å²) in [6.07, 6.45) is 1.64. The molecule has 0 atom stereocenters. The number of aromatic hydroxyl groups is 1. The number of aromatic nitrogens is 3. The Morgan fingerprint density at radius 3 is 2.78 bits per heavy atom. The van der Waals surface area contributed by atoms with Gasteiger partial charge >= 0.3 is 0 Å². The van der Waals surface area contributed by atoms with E-state index in [-0.39, 0.29) is 5.75 Å². The number of benzene rings is 2. The van der Waals surface area contributed by atoms with Crippen LogP contribution in [0.15, 0.2) is 60.8 Å². The van der Waals surface area contributed by atoms with Crippen LogP contribution in [0.5, 0.6) is 23.0 Å². The van der Waals surface area contributed by atoms with Crippen molar-refractivity contribution in [3.05, 3.63) is 66.6 Å². The first-order valence-corrected chi connectivity index (χ1v) is 8.40. The lowest BCUT2D eigenvalue weighted by molar-refractivity contribution is 0.390. The third-order valence-electron chi connectivity index (χ3n) is 4.00. The Labute approximate surface area is 155 Å². The van der Waals surface area contributed by atoms with E-state index in [1.165, 1.54) is 13.2 Å². The highest BCUT2D eigenvalue weighted by Gasteiger charge is 2.07. The van der Waals surface area contributed by atoms with Gasteiger partial charge in [0.1, 0.15) is 23.1 Å². The van der Waals surface area contributed by atoms with Gasteiger partial charge in [-0.1, -0.05) is 12.1 Å². The summed E-state index contributed by atoms with van der Waals surface area (Å²) >= 11 is 0. The van der Waals surface area contributed by atoms with Gasteiger partial charge in [-0.25, -0.2) is 9.97 Å². The Morgan fingerprint density at radius 2 is 1.96 bits per heavy atom. The molecule has 0 bridgehead atoms. The molecule has 0 amide bonds. The van der Waals surface area contributed by atoms with Gasteiger partial charge in [0.2, 0.25) is 0 Å². The summed E-state index contributed by atoms with van der Waals surface area (Å²) < 4.78 is 10.8. The minimum absolute atomic E-state index is 0.00273. The van der Waals surface area contributed by atoms with Crippen LogP contribution in [0.2, 0.25) is 0 Å². The van der Waals surface area contributed by atoms with Crippen LogP contribution in [0.4, 0.5) is 5.82 Å². The summed E-state index contributed by atoms with van der Waals surface area (Å²) in [6.45, 7) is 0.499. The average molecular weight is 362 g/mol. The van der Waals surface area contributed by atoms with E-state index in [4.69, 9.17) is 9.47 Å². The summed E-state index contributed by atoms with van der Waals surface area (Å²) in [5.41, 5.74) is 1.92. The summed E-state index contributed by atoms with van der Waals surface area (Å²) in [5.74, 6) is 2.91. The van der Waals surface area contributed by atoms with Crippen molar-refractivity contribution in [1.29, 1.82) is 0 Å². The van der Waals surface area contributed by atoms with Crippen molar-refractivity contribution in [1.82, 2.24) is 15.0 Å². The zero-order valence-corrected chi connectivity index (χ0v) is 14.6. The van der Waals surface area contributed by atoms with Crippen molar-refractivity contribution >= 4 is 16.9 Å². The van der Waals surface area contributed by atoms with Crippen molar-refractivity contribution in [2.75, 3.05) is 12.4 Å². The third kappa shape index (κ3) is 3.77. The number of nitrogens with zero attached hydrogens (tertiary/aromatic N) is 2. The fraction of sp³-hybridized carbons (Fsp3) is 0.100. The number of pyridine rings is 1. The second kappa shape index (κ2) is 7.25. The van der Waals surface area contributed by atoms with Crippen molar-refractivity contribution in [2.24, 2.45) is 0 Å². The highest BCUT2D eigenvalue weighted by molar-refractivity contribution is 5.74. The second-order valence-electron chi connectivity index (χ2n) is 5.87. The van der Waals surface area contributed by atoms with Crippen molar-refractivity contribution in [3.63, 3.8) is 0 Å². The normalized spacial score (nSPS) is 10.7. The Morgan fingerprint density at radius 1 is 1.07 bits per heavy atom. The van der Waals surface area contributed by atoms with Gasteiger partial charge in [0, 0.05) is 18.3 Å². The lowest BCUT2D eigenvalue weighted by Crippen LogP contribution is -2.02. The van der Waals surface area contributed by atoms with Gasteiger partial charge in [0.15, 0.2) is 11.5 Å². The molecule has 0 aliphatic heterocycles. The number of para-hydroxylation sites is 2. The number of imidazole rings is 1. The number of hydrogen-bond donors (Lipinski definition) is 3. The molecule has 0 spiro atoms. The first-order chi connectivity index (χ1) is 13.2. The van der Waals surface area contributed by atoms with Crippen molar-refractivity contribution in [3.8, 4) is 23.0 Å². The Hall–Kier alpha value is -3.74. The second-order valence-corrected chi connectivity index (χ2v) is 5.87. The lowest BCUT2D eigenvalue weighted by Gasteiger charge is -2.10. The molecular formula is C20H18N4O3. The quantitative estimate of drug-likeness (QED) is 0.479. The van der Waals surface area contributed by atoms with Crippen LogP contribution in [-0.4, -0.2) is 27.2 Å². The van der Waals surface area contributed by atoms with Gasteiger partial charge in [0.25, 0.3) is 0 Å². The van der Waals surface area contributed by atoms with E-state index < -0.39 is 0 Å². The first kappa shape index (κ1) is 16.7. The summed E-state index contributed by atoms with van der Waals surface area (Å²) in [6, 6.07) is 16.2. The highest BCUT2D eigenvalue weighted by atomic mass is 16.5. The van der Waals surface area contributed by atoms with Gasteiger partial charge < -0.3 is 24.9 Å². The number of phenolic OH excluding ortho intramolecular Hbond substituents is 1. The van der Waals surface area contributed by atoms with E-state index in [1.54, 1.807) is 30.5 Å². The number of hydrogen-bond acceptors (Lipinski definition) is 6. The van der Waals surface area contributed by atoms with Crippen LogP contribution in [-0.2, 0) is 6.54 Å². The lowest BCUT2D eigenvalue weighted by atomic mass is 10.3. The van der Waals surface area contributed by atoms with Gasteiger partial charge in [-0.15, -0.1) is 0 Å². The number of anilines is 1. The molecule has 0 fully saturated rings. The van der Waals surface area contributed by atoms with Gasteiger partial charge in [0.05, 0.1) is 24.7 Å². The average Bonchev–Trinajstić information content (AvgIpc) is 3.11. The largest absolute Gasteiger partial charge is 0.504 e. The van der Waals surface area contributed by atoms with Crippen molar-refractivity contribution < 1.29 is 14.6 Å². The minimum Gasteiger partial charge on any atom is -0.504 e. The maximum atomic E-state index is 10.0. The van der Waals surface area contributed by atoms with E-state index >= 15 is 0 Å². The maximum Gasteiger partial charge on any atom is 0.169 e. The number of nitrogens with one attached hydrogen (secondary N) is 2. The molecule has 136 valence electrons. The fourth-order valence-corrected chi connectivity index (χ4v) is 2.67. The molecule has 0 unspecified atom stereocenters. The zero-order chi connectivity index (χ0) is 18.6. The number of rotatable bonds is 6. The third-order valence-corrected chi connectivity index (χ3v) is 4.00. The molecule has 7 nitrogen and oxygen atoms in total.